The molecular weight excluding hydrogens is 764 g/mol. The first kappa shape index (κ1) is 41.1. The van der Waals surface area contributed by atoms with Crippen LogP contribution in [-0.4, -0.2) is 115 Å². The number of fused-ring (bicyclic) bond motifs is 2. The van der Waals surface area contributed by atoms with E-state index in [1.165, 1.54) is 41.1 Å². The number of halogens is 1. The van der Waals surface area contributed by atoms with E-state index in [2.05, 4.69) is 19.7 Å². The highest BCUT2D eigenvalue weighted by Crippen LogP contribution is 2.51. The summed E-state index contributed by atoms with van der Waals surface area (Å²) in [5.41, 5.74) is -0.0692. The standard InChI is InChI=1S/C40H45FN4O11S/c1-6-15-52-38(49)33-35(23(4)32-31(36(47)45(32)33)24(5)56-40(51)55-17-8-3)57-19-18-53-37(48)27-22-44(25-9-10-25)29-21-30(28(41)20-26(29)34(27)46)42-11-13-43(14-12-42)39(50)54-16-7-2/h6-8,20-25,31-32H,1-3,9-19H2,4-5H3/t23-,24-,31-,32-/m1/s1. The normalized spacial score (nSPS) is 20.6. The zero-order chi connectivity index (χ0) is 41.0. The van der Waals surface area contributed by atoms with Gasteiger partial charge in [0.15, 0.2) is 0 Å². The summed E-state index contributed by atoms with van der Waals surface area (Å²) in [4.78, 5) is 83.3. The van der Waals surface area contributed by atoms with Gasteiger partial charge in [-0.15, -0.1) is 11.8 Å². The van der Waals surface area contributed by atoms with Crippen molar-refractivity contribution >= 4 is 58.4 Å². The van der Waals surface area contributed by atoms with Gasteiger partial charge in [-0.2, -0.15) is 0 Å². The Balaban J connectivity index is 1.14. The molecule has 2 aromatic rings. The minimum Gasteiger partial charge on any atom is -0.461 e. The Morgan fingerprint density at radius 3 is 2.26 bits per heavy atom. The number of hydrogen-bond acceptors (Lipinski definition) is 13. The van der Waals surface area contributed by atoms with Crippen molar-refractivity contribution in [1.29, 1.82) is 0 Å². The fourth-order valence-corrected chi connectivity index (χ4v) is 8.51. The highest BCUT2D eigenvalue weighted by Gasteiger charge is 2.61. The Morgan fingerprint density at radius 1 is 0.930 bits per heavy atom. The van der Waals surface area contributed by atoms with Crippen molar-refractivity contribution in [3.8, 4) is 0 Å². The Hall–Kier alpha value is -5.58. The summed E-state index contributed by atoms with van der Waals surface area (Å²) >= 11 is 1.20. The zero-order valence-electron chi connectivity index (χ0n) is 31.8. The van der Waals surface area contributed by atoms with E-state index < -0.39 is 59.4 Å². The summed E-state index contributed by atoms with van der Waals surface area (Å²) < 4.78 is 43.7. The number of aromatic nitrogens is 1. The number of ether oxygens (including phenoxy) is 5. The van der Waals surface area contributed by atoms with Crippen LogP contribution in [0.5, 0.6) is 0 Å². The topological polar surface area (TPSA) is 163 Å². The lowest BCUT2D eigenvalue weighted by Gasteiger charge is -2.47. The van der Waals surface area contributed by atoms with E-state index in [0.717, 1.165) is 18.9 Å². The van der Waals surface area contributed by atoms with Gasteiger partial charge < -0.3 is 43.0 Å². The average Bonchev–Trinajstić information content (AvgIpc) is 4.01. The Kier molecular flexibility index (Phi) is 12.7. The van der Waals surface area contributed by atoms with Crippen LogP contribution in [0.15, 0.2) is 71.7 Å². The molecule has 2 amide bonds. The highest BCUT2D eigenvalue weighted by atomic mass is 32.2. The number of carbonyl (C=O) groups excluding carboxylic acids is 5. The number of pyridine rings is 1. The molecule has 3 aliphatic heterocycles. The molecule has 2 saturated heterocycles. The molecule has 0 unspecified atom stereocenters. The first-order chi connectivity index (χ1) is 27.4. The summed E-state index contributed by atoms with van der Waals surface area (Å²) in [5, 5.41) is 0.0437. The molecule has 0 spiro atoms. The van der Waals surface area contributed by atoms with E-state index in [0.29, 0.717) is 36.6 Å². The Labute approximate surface area is 332 Å². The van der Waals surface area contributed by atoms with Crippen LogP contribution < -0.4 is 10.3 Å². The summed E-state index contributed by atoms with van der Waals surface area (Å²) in [6.07, 6.45) is 5.10. The Morgan fingerprint density at radius 2 is 1.60 bits per heavy atom. The van der Waals surface area contributed by atoms with Crippen LogP contribution in [-0.2, 0) is 33.3 Å². The third kappa shape index (κ3) is 8.43. The van der Waals surface area contributed by atoms with Crippen molar-refractivity contribution < 1.29 is 52.0 Å². The molecule has 0 radical (unpaired) electrons. The number of piperazine rings is 1. The van der Waals surface area contributed by atoms with Gasteiger partial charge in [-0.1, -0.05) is 44.9 Å². The second-order valence-electron chi connectivity index (χ2n) is 13.9. The maximum absolute atomic E-state index is 15.7. The number of β-lactam (4-membered cyclic amide) rings is 1. The summed E-state index contributed by atoms with van der Waals surface area (Å²) in [6.45, 7) is 15.2. The van der Waals surface area contributed by atoms with E-state index in [-0.39, 0.29) is 66.5 Å². The Bertz CT molecular complexity index is 2070. The molecule has 1 aromatic carbocycles. The maximum Gasteiger partial charge on any atom is 0.508 e. The van der Waals surface area contributed by atoms with Gasteiger partial charge in [-0.3, -0.25) is 9.59 Å². The summed E-state index contributed by atoms with van der Waals surface area (Å²) in [5.74, 6) is -3.62. The molecule has 0 N–H and O–H groups in total. The fourth-order valence-electron chi connectivity index (χ4n) is 7.40. The van der Waals surface area contributed by atoms with Gasteiger partial charge in [0, 0.05) is 60.4 Å². The lowest BCUT2D eigenvalue weighted by molar-refractivity contribution is -0.164. The number of rotatable bonds is 16. The molecule has 1 aromatic heterocycles. The SMILES string of the molecule is C=CCOC(=O)O[C@H](C)[C@H]1C(=O)N2C(C(=O)OCC=C)=C(SCCOC(=O)c3cn(C4CC4)c4cc(N5CCN(C(=O)OCC=C)CC5)c(F)cc4c3=O)[C@H](C)[C@H]12. The molecule has 1 aliphatic carbocycles. The second-order valence-corrected chi connectivity index (χ2v) is 15.1. The van der Waals surface area contributed by atoms with Gasteiger partial charge in [0.2, 0.25) is 11.3 Å². The molecule has 15 nitrogen and oxygen atoms in total. The molecule has 17 heteroatoms. The molecule has 1 saturated carbocycles. The van der Waals surface area contributed by atoms with Gasteiger partial charge in [0.05, 0.1) is 23.2 Å². The highest BCUT2D eigenvalue weighted by molar-refractivity contribution is 8.03. The first-order valence-corrected chi connectivity index (χ1v) is 19.7. The van der Waals surface area contributed by atoms with Crippen molar-refractivity contribution in [2.45, 2.75) is 44.9 Å². The molecule has 4 aliphatic rings. The molecule has 57 heavy (non-hydrogen) atoms. The van der Waals surface area contributed by atoms with E-state index in [9.17, 15) is 28.8 Å². The van der Waals surface area contributed by atoms with E-state index in [4.69, 9.17) is 23.7 Å². The minimum atomic E-state index is -0.949. The second kappa shape index (κ2) is 17.7. The number of benzene rings is 1. The third-order valence-electron chi connectivity index (χ3n) is 10.3. The number of esters is 2. The minimum absolute atomic E-state index is 0.0165. The van der Waals surface area contributed by atoms with Crippen molar-refractivity contribution in [3.05, 3.63) is 88.5 Å². The zero-order valence-corrected chi connectivity index (χ0v) is 32.6. The van der Waals surface area contributed by atoms with Crippen LogP contribution in [0.25, 0.3) is 10.9 Å². The van der Waals surface area contributed by atoms with E-state index >= 15 is 4.39 Å². The van der Waals surface area contributed by atoms with Crippen LogP contribution >= 0.6 is 11.8 Å². The van der Waals surface area contributed by atoms with E-state index in [1.807, 2.05) is 16.4 Å². The van der Waals surface area contributed by atoms with Crippen molar-refractivity contribution in [1.82, 2.24) is 14.4 Å². The first-order valence-electron chi connectivity index (χ1n) is 18.7. The van der Waals surface area contributed by atoms with Gasteiger partial charge in [-0.25, -0.2) is 23.6 Å². The summed E-state index contributed by atoms with van der Waals surface area (Å²) in [7, 11) is 0. The largest absolute Gasteiger partial charge is 0.508 e. The van der Waals surface area contributed by atoms with E-state index in [1.54, 1.807) is 17.9 Å². The predicted octanol–water partition coefficient (Wildman–Crippen LogP) is 4.96. The molecule has 4 heterocycles. The van der Waals surface area contributed by atoms with Gasteiger partial charge >= 0.3 is 24.2 Å². The van der Waals surface area contributed by atoms with Crippen molar-refractivity contribution in [3.63, 3.8) is 0 Å². The van der Waals surface area contributed by atoms with Crippen LogP contribution in [0, 0.1) is 17.7 Å². The smallest absolute Gasteiger partial charge is 0.461 e. The van der Waals surface area contributed by atoms with Crippen LogP contribution in [0.4, 0.5) is 19.7 Å². The predicted molar refractivity (Wildman–Crippen MR) is 208 cm³/mol. The maximum atomic E-state index is 15.7. The van der Waals surface area contributed by atoms with Crippen LogP contribution in [0.1, 0.15) is 43.1 Å². The van der Waals surface area contributed by atoms with Crippen LogP contribution in [0.2, 0.25) is 0 Å². The van der Waals surface area contributed by atoms with Gasteiger partial charge in [0.25, 0.3) is 0 Å². The molecule has 4 atom stereocenters. The monoisotopic (exact) mass is 808 g/mol. The van der Waals surface area contributed by atoms with Crippen molar-refractivity contribution in [2.24, 2.45) is 11.8 Å². The third-order valence-corrected chi connectivity index (χ3v) is 11.5. The lowest BCUT2D eigenvalue weighted by atomic mass is 9.79. The number of anilines is 1. The van der Waals surface area contributed by atoms with Gasteiger partial charge in [0.1, 0.15) is 49.6 Å². The molecular formula is C40H45FN4O11S. The fraction of sp³-hybridized carbons (Fsp3) is 0.450. The number of nitrogens with zero attached hydrogens (tertiary/aromatic N) is 4. The molecule has 0 bridgehead atoms. The molecule has 6 rings (SSSR count). The van der Waals surface area contributed by atoms with Crippen molar-refractivity contribution in [2.75, 3.05) is 63.3 Å². The number of thioether (sulfide) groups is 1. The summed E-state index contributed by atoms with van der Waals surface area (Å²) in [6, 6.07) is 2.28. The number of amides is 2. The quantitative estimate of drug-likeness (QED) is 0.0737. The number of carbonyl (C=O) groups is 5. The van der Waals surface area contributed by atoms with Crippen LogP contribution in [0.3, 0.4) is 0 Å². The molecule has 3 fully saturated rings. The molecule has 304 valence electrons. The average molecular weight is 809 g/mol. The number of hydrogen-bond donors (Lipinski definition) is 0. The van der Waals surface area contributed by atoms with Gasteiger partial charge in [-0.05, 0) is 31.9 Å². The lowest BCUT2D eigenvalue weighted by Crippen LogP contribution is -2.64.